The summed E-state index contributed by atoms with van der Waals surface area (Å²) >= 11 is 0. The van der Waals surface area contributed by atoms with Crippen molar-refractivity contribution in [1.82, 2.24) is 4.90 Å². The molecule has 0 unspecified atom stereocenters. The van der Waals surface area contributed by atoms with Gasteiger partial charge in [-0.05, 0) is 43.9 Å². The maximum Gasteiger partial charge on any atom is 0.248 e. The summed E-state index contributed by atoms with van der Waals surface area (Å²) in [5.41, 5.74) is -0.0142. The van der Waals surface area contributed by atoms with Gasteiger partial charge in [-0.2, -0.15) is 0 Å². The second kappa shape index (κ2) is 6.90. The number of likely N-dealkylation sites (tertiary alicyclic amines) is 1. The Kier molecular flexibility index (Phi) is 5.00. The molecule has 138 valence electrons. The molecular weight excluding hydrogens is 328 g/mol. The van der Waals surface area contributed by atoms with Crippen molar-refractivity contribution in [2.75, 3.05) is 19.7 Å². The minimum Gasteiger partial charge on any atom is -0.491 e. The Bertz CT molecular complexity index is 627. The van der Waals surface area contributed by atoms with Crippen LogP contribution < -0.4 is 4.74 Å². The van der Waals surface area contributed by atoms with Gasteiger partial charge >= 0.3 is 0 Å². The van der Waals surface area contributed by atoms with Crippen LogP contribution in [0, 0.1) is 12.8 Å². The Labute approximate surface area is 146 Å². The fraction of sp³-hybridized carbons (Fsp3) is 0.632. The Morgan fingerprint density at radius 2 is 2.04 bits per heavy atom. The third-order valence-corrected chi connectivity index (χ3v) is 5.21. The maximum atomic E-state index is 13.3. The van der Waals surface area contributed by atoms with Gasteiger partial charge in [0.2, 0.25) is 11.8 Å². The number of halogens is 2. The van der Waals surface area contributed by atoms with E-state index in [1.165, 1.54) is 0 Å². The van der Waals surface area contributed by atoms with Crippen LogP contribution in [0.15, 0.2) is 24.3 Å². The second-order valence-electron chi connectivity index (χ2n) is 7.47. The lowest BCUT2D eigenvalue weighted by Crippen LogP contribution is -2.43. The van der Waals surface area contributed by atoms with Crippen LogP contribution in [0.2, 0.25) is 0 Å². The number of carbonyl (C=O) groups excluding carboxylic acids is 1. The molecule has 2 aliphatic rings. The molecule has 4 nitrogen and oxygen atoms in total. The summed E-state index contributed by atoms with van der Waals surface area (Å²) in [6, 6.07) is 7.57. The predicted molar refractivity (Wildman–Crippen MR) is 89.7 cm³/mol. The zero-order chi connectivity index (χ0) is 18.1. The van der Waals surface area contributed by atoms with E-state index in [4.69, 9.17) is 4.74 Å². The number of aryl methyl sites for hydroxylation is 1. The molecule has 1 saturated carbocycles. The van der Waals surface area contributed by atoms with Crippen LogP contribution in [0.3, 0.4) is 0 Å². The lowest BCUT2D eigenvalue weighted by molar-refractivity contribution is -0.139. The highest BCUT2D eigenvalue weighted by Gasteiger charge is 2.43. The molecule has 0 bridgehead atoms. The Hall–Kier alpha value is -1.69. The number of hydrogen-bond acceptors (Lipinski definition) is 3. The largest absolute Gasteiger partial charge is 0.491 e. The van der Waals surface area contributed by atoms with Crippen molar-refractivity contribution in [3.63, 3.8) is 0 Å². The SMILES string of the molecule is Cc1cccc(OC[C@@]2(O)CCN(C(=O)C3CCC(F)(F)CC3)C2)c1. The van der Waals surface area contributed by atoms with Crippen molar-refractivity contribution >= 4 is 5.91 Å². The number of rotatable bonds is 4. The van der Waals surface area contributed by atoms with Crippen molar-refractivity contribution in [2.45, 2.75) is 50.6 Å². The molecule has 0 aromatic heterocycles. The number of nitrogens with zero attached hydrogens (tertiary/aromatic N) is 1. The topological polar surface area (TPSA) is 49.8 Å². The summed E-state index contributed by atoms with van der Waals surface area (Å²) in [5.74, 6) is -2.40. The van der Waals surface area contributed by atoms with Gasteiger partial charge in [0.1, 0.15) is 18.0 Å². The van der Waals surface area contributed by atoms with Crippen LogP contribution >= 0.6 is 0 Å². The molecule has 3 rings (SSSR count). The molecule has 25 heavy (non-hydrogen) atoms. The summed E-state index contributed by atoms with van der Waals surface area (Å²) in [5, 5.41) is 10.7. The van der Waals surface area contributed by atoms with Gasteiger partial charge in [0.05, 0.1) is 6.54 Å². The average Bonchev–Trinajstić information content (AvgIpc) is 2.95. The van der Waals surface area contributed by atoms with Crippen molar-refractivity contribution in [3.8, 4) is 5.75 Å². The number of carbonyl (C=O) groups is 1. The van der Waals surface area contributed by atoms with Gasteiger partial charge in [-0.15, -0.1) is 0 Å². The number of alkyl halides is 2. The summed E-state index contributed by atoms with van der Waals surface area (Å²) < 4.78 is 32.2. The molecule has 1 aliphatic carbocycles. The number of hydrogen-bond donors (Lipinski definition) is 1. The highest BCUT2D eigenvalue weighted by atomic mass is 19.3. The zero-order valence-electron chi connectivity index (χ0n) is 14.5. The van der Waals surface area contributed by atoms with E-state index in [9.17, 15) is 18.7 Å². The molecule has 1 N–H and O–H groups in total. The number of benzene rings is 1. The second-order valence-corrected chi connectivity index (χ2v) is 7.47. The van der Waals surface area contributed by atoms with E-state index in [-0.39, 0.29) is 50.7 Å². The Morgan fingerprint density at radius 3 is 2.72 bits per heavy atom. The first-order valence-electron chi connectivity index (χ1n) is 8.85. The third kappa shape index (κ3) is 4.48. The summed E-state index contributed by atoms with van der Waals surface area (Å²) in [6.45, 7) is 2.72. The minimum absolute atomic E-state index is 0.109. The molecule has 1 amide bonds. The van der Waals surface area contributed by atoms with Crippen molar-refractivity contribution < 1.29 is 23.4 Å². The highest BCUT2D eigenvalue weighted by molar-refractivity contribution is 5.79. The molecule has 0 spiro atoms. The van der Waals surface area contributed by atoms with Crippen LogP contribution in [0.4, 0.5) is 8.78 Å². The van der Waals surface area contributed by atoms with Crippen LogP contribution in [0.5, 0.6) is 5.75 Å². The van der Waals surface area contributed by atoms with E-state index < -0.39 is 11.5 Å². The molecule has 0 radical (unpaired) electrons. The van der Waals surface area contributed by atoms with Gasteiger partial charge in [-0.3, -0.25) is 4.79 Å². The quantitative estimate of drug-likeness (QED) is 0.905. The monoisotopic (exact) mass is 353 g/mol. The molecule has 6 heteroatoms. The van der Waals surface area contributed by atoms with Gasteiger partial charge in [-0.1, -0.05) is 12.1 Å². The molecule has 1 aromatic carbocycles. The van der Waals surface area contributed by atoms with Crippen LogP contribution in [-0.2, 0) is 4.79 Å². The first-order chi connectivity index (χ1) is 11.8. The fourth-order valence-electron chi connectivity index (χ4n) is 3.63. The number of β-amino-alcohol motifs (C(OH)–C–C–N with tert-alkyl or cyclic N) is 1. The van der Waals surface area contributed by atoms with Crippen molar-refractivity contribution in [1.29, 1.82) is 0 Å². The van der Waals surface area contributed by atoms with E-state index in [1.807, 2.05) is 31.2 Å². The molecular formula is C19H25F2NO3. The van der Waals surface area contributed by atoms with Crippen LogP contribution in [0.25, 0.3) is 0 Å². The number of aliphatic hydroxyl groups is 1. The zero-order valence-corrected chi connectivity index (χ0v) is 14.5. The van der Waals surface area contributed by atoms with Gasteiger partial charge in [0, 0.05) is 25.3 Å². The van der Waals surface area contributed by atoms with Crippen molar-refractivity contribution in [2.24, 2.45) is 5.92 Å². The molecule has 1 aromatic rings. The first kappa shape index (κ1) is 18.1. The number of ether oxygens (including phenoxy) is 1. The summed E-state index contributed by atoms with van der Waals surface area (Å²) in [7, 11) is 0. The average molecular weight is 353 g/mol. The van der Waals surface area contributed by atoms with Gasteiger partial charge in [0.15, 0.2) is 0 Å². The van der Waals surface area contributed by atoms with E-state index in [0.29, 0.717) is 18.7 Å². The third-order valence-electron chi connectivity index (χ3n) is 5.21. The van der Waals surface area contributed by atoms with Crippen LogP contribution in [-0.4, -0.2) is 47.1 Å². The molecule has 2 fully saturated rings. The van der Waals surface area contributed by atoms with Crippen LogP contribution in [0.1, 0.15) is 37.7 Å². The van der Waals surface area contributed by atoms with E-state index in [2.05, 4.69) is 0 Å². The van der Waals surface area contributed by atoms with Crippen molar-refractivity contribution in [3.05, 3.63) is 29.8 Å². The lowest BCUT2D eigenvalue weighted by Gasteiger charge is -2.31. The van der Waals surface area contributed by atoms with Gasteiger partial charge in [-0.25, -0.2) is 8.78 Å². The van der Waals surface area contributed by atoms with Gasteiger partial charge < -0.3 is 14.7 Å². The standard InChI is InChI=1S/C19H25F2NO3/c1-14-3-2-4-16(11-14)25-13-18(24)9-10-22(12-18)17(23)15-5-7-19(20,21)8-6-15/h2-4,11,15,24H,5-10,12-13H2,1H3/t18-/m1/s1. The maximum absolute atomic E-state index is 13.3. The smallest absolute Gasteiger partial charge is 0.248 e. The molecule has 1 atom stereocenters. The number of amides is 1. The van der Waals surface area contributed by atoms with Gasteiger partial charge in [0.25, 0.3) is 0 Å². The van der Waals surface area contributed by atoms with E-state index in [0.717, 1.165) is 5.56 Å². The summed E-state index contributed by atoms with van der Waals surface area (Å²) in [4.78, 5) is 14.2. The normalized spacial score (nSPS) is 26.6. The first-order valence-corrected chi connectivity index (χ1v) is 8.85. The van der Waals surface area contributed by atoms with E-state index in [1.54, 1.807) is 4.90 Å². The Morgan fingerprint density at radius 1 is 1.32 bits per heavy atom. The Balaban J connectivity index is 1.52. The highest BCUT2D eigenvalue weighted by Crippen LogP contribution is 2.37. The molecule has 1 aliphatic heterocycles. The molecule has 1 saturated heterocycles. The summed E-state index contributed by atoms with van der Waals surface area (Å²) in [6.07, 6.45) is 0.435. The fourth-order valence-corrected chi connectivity index (χ4v) is 3.63. The van der Waals surface area contributed by atoms with E-state index >= 15 is 0 Å². The lowest BCUT2D eigenvalue weighted by atomic mass is 9.86. The minimum atomic E-state index is -2.63. The predicted octanol–water partition coefficient (Wildman–Crippen LogP) is 3.16. The molecule has 1 heterocycles.